The van der Waals surface area contributed by atoms with E-state index in [2.05, 4.69) is 35.9 Å². The van der Waals surface area contributed by atoms with Gasteiger partial charge in [-0.3, -0.25) is 0 Å². The lowest BCUT2D eigenvalue weighted by atomic mass is 10.0. The van der Waals surface area contributed by atoms with Gasteiger partial charge in [-0.15, -0.1) is 0 Å². The summed E-state index contributed by atoms with van der Waals surface area (Å²) < 4.78 is 7.43. The summed E-state index contributed by atoms with van der Waals surface area (Å²) in [4.78, 5) is 1.63. The van der Waals surface area contributed by atoms with Crippen molar-refractivity contribution in [3.05, 3.63) is 65.4 Å². The molecule has 1 aliphatic heterocycles. The molecule has 4 rings (SSSR count). The van der Waals surface area contributed by atoms with E-state index in [9.17, 15) is 5.11 Å². The average molecular weight is 365 g/mol. The van der Waals surface area contributed by atoms with Gasteiger partial charge in [0.25, 0.3) is 0 Å². The summed E-state index contributed by atoms with van der Waals surface area (Å²) in [5, 5.41) is 12.5. The van der Waals surface area contributed by atoms with Crippen LogP contribution in [-0.4, -0.2) is 29.9 Å². The topological polar surface area (TPSA) is 38.8 Å². The second kappa shape index (κ2) is 7.75. The fraction of sp³-hybridized carbons (Fsp3) is 0.391. The predicted octanol–water partition coefficient (Wildman–Crippen LogP) is 2.84. The van der Waals surface area contributed by atoms with Crippen molar-refractivity contribution in [2.45, 2.75) is 31.9 Å². The number of likely N-dealkylation sites (tertiary alicyclic amines) is 1. The number of hydrogen-bond donors (Lipinski definition) is 2. The van der Waals surface area contributed by atoms with Crippen molar-refractivity contribution in [1.82, 2.24) is 4.57 Å². The molecule has 1 aromatic heterocycles. The highest BCUT2D eigenvalue weighted by molar-refractivity contribution is 5.85. The standard InChI is InChI=1S/C23H28N2O2/c1-24-21-9-5-4-8-19(21)20(16-25-14-6-3-7-15-25)22(24)23(26)17-10-12-18(27-2)13-11-17/h4-5,8-13,23,26H,3,6-7,14-16H2,1-2H3/p+1/t23-/m0/s1. The Bertz CT molecular complexity index is 908. The Balaban J connectivity index is 1.77. The van der Waals surface area contributed by atoms with Crippen LogP contribution in [-0.2, 0) is 13.6 Å². The molecule has 0 spiro atoms. The number of aliphatic hydroxyl groups is 1. The number of quaternary nitrogens is 1. The summed E-state index contributed by atoms with van der Waals surface area (Å²) in [6.45, 7) is 3.42. The van der Waals surface area contributed by atoms with E-state index in [0.29, 0.717) is 0 Å². The number of aromatic nitrogens is 1. The zero-order valence-corrected chi connectivity index (χ0v) is 16.2. The zero-order chi connectivity index (χ0) is 18.8. The number of methoxy groups -OCH3 is 1. The molecule has 1 aliphatic rings. The minimum Gasteiger partial charge on any atom is -0.497 e. The quantitative estimate of drug-likeness (QED) is 0.730. The highest BCUT2D eigenvalue weighted by Gasteiger charge is 2.26. The van der Waals surface area contributed by atoms with Crippen LogP contribution in [0.25, 0.3) is 10.9 Å². The number of benzene rings is 2. The summed E-state index contributed by atoms with van der Waals surface area (Å²) in [7, 11) is 3.73. The molecule has 27 heavy (non-hydrogen) atoms. The van der Waals surface area contributed by atoms with Crippen LogP contribution in [0.5, 0.6) is 5.75 Å². The second-order valence-electron chi connectivity index (χ2n) is 7.60. The number of nitrogens with zero attached hydrogens (tertiary/aromatic N) is 1. The third-order valence-corrected chi connectivity index (χ3v) is 5.94. The fourth-order valence-corrected chi connectivity index (χ4v) is 4.45. The maximum absolute atomic E-state index is 11.3. The summed E-state index contributed by atoms with van der Waals surface area (Å²) in [6, 6.07) is 16.3. The van der Waals surface area contributed by atoms with Gasteiger partial charge in [0, 0.05) is 23.5 Å². The predicted molar refractivity (Wildman–Crippen MR) is 108 cm³/mol. The molecular formula is C23H29N2O2+. The number of ether oxygens (including phenoxy) is 1. The molecule has 0 saturated carbocycles. The highest BCUT2D eigenvalue weighted by atomic mass is 16.5. The number of hydrogen-bond acceptors (Lipinski definition) is 2. The van der Waals surface area contributed by atoms with E-state index in [1.54, 1.807) is 12.0 Å². The van der Waals surface area contributed by atoms with Gasteiger partial charge in [0.1, 0.15) is 18.4 Å². The second-order valence-corrected chi connectivity index (χ2v) is 7.60. The Hall–Kier alpha value is -2.30. The Labute approximate surface area is 161 Å². The fourth-order valence-electron chi connectivity index (χ4n) is 4.45. The molecular weight excluding hydrogens is 336 g/mol. The van der Waals surface area contributed by atoms with Crippen LogP contribution in [0.1, 0.15) is 42.2 Å². The van der Waals surface area contributed by atoms with E-state index in [-0.39, 0.29) is 0 Å². The van der Waals surface area contributed by atoms with E-state index < -0.39 is 6.10 Å². The minimum atomic E-state index is -0.646. The van der Waals surface area contributed by atoms with Crippen molar-refractivity contribution >= 4 is 10.9 Å². The Morgan fingerprint density at radius 2 is 1.74 bits per heavy atom. The lowest BCUT2D eigenvalue weighted by Gasteiger charge is -2.25. The lowest BCUT2D eigenvalue weighted by Crippen LogP contribution is -3.11. The Kier molecular flexibility index (Phi) is 5.19. The van der Waals surface area contributed by atoms with Gasteiger partial charge in [0.15, 0.2) is 0 Å². The van der Waals surface area contributed by atoms with Gasteiger partial charge in [0.05, 0.1) is 25.9 Å². The summed E-state index contributed by atoms with van der Waals surface area (Å²) in [5.41, 5.74) is 4.39. The number of para-hydroxylation sites is 1. The van der Waals surface area contributed by atoms with Crippen LogP contribution in [0.15, 0.2) is 48.5 Å². The number of fused-ring (bicyclic) bond motifs is 1. The van der Waals surface area contributed by atoms with E-state index in [1.165, 1.54) is 48.8 Å². The maximum Gasteiger partial charge on any atom is 0.119 e. The van der Waals surface area contributed by atoms with Gasteiger partial charge in [-0.05, 0) is 43.0 Å². The lowest BCUT2D eigenvalue weighted by molar-refractivity contribution is -0.918. The largest absolute Gasteiger partial charge is 0.497 e. The molecule has 1 atom stereocenters. The van der Waals surface area contributed by atoms with E-state index in [1.807, 2.05) is 24.3 Å². The minimum absolute atomic E-state index is 0.646. The van der Waals surface area contributed by atoms with Crippen LogP contribution in [0.4, 0.5) is 0 Å². The number of aliphatic hydroxyl groups excluding tert-OH is 1. The molecule has 4 nitrogen and oxygen atoms in total. The van der Waals surface area contributed by atoms with E-state index in [0.717, 1.165) is 23.6 Å². The number of piperidine rings is 1. The molecule has 2 N–H and O–H groups in total. The summed E-state index contributed by atoms with van der Waals surface area (Å²) >= 11 is 0. The van der Waals surface area contributed by atoms with Gasteiger partial charge >= 0.3 is 0 Å². The first kappa shape index (κ1) is 18.1. The van der Waals surface area contributed by atoms with Gasteiger partial charge in [-0.1, -0.05) is 30.3 Å². The number of aryl methyl sites for hydroxylation is 1. The molecule has 0 unspecified atom stereocenters. The average Bonchev–Trinajstić information content (AvgIpc) is 3.00. The highest BCUT2D eigenvalue weighted by Crippen LogP contribution is 2.33. The van der Waals surface area contributed by atoms with Crippen molar-refractivity contribution < 1.29 is 14.7 Å². The van der Waals surface area contributed by atoms with E-state index >= 15 is 0 Å². The molecule has 0 amide bonds. The molecule has 3 aromatic rings. The smallest absolute Gasteiger partial charge is 0.119 e. The number of nitrogens with one attached hydrogen (secondary N) is 1. The van der Waals surface area contributed by atoms with Gasteiger partial charge in [-0.2, -0.15) is 0 Å². The van der Waals surface area contributed by atoms with Crippen LogP contribution in [0.3, 0.4) is 0 Å². The Morgan fingerprint density at radius 3 is 2.44 bits per heavy atom. The first-order valence-corrected chi connectivity index (χ1v) is 9.91. The molecule has 1 saturated heterocycles. The van der Waals surface area contributed by atoms with Crippen LogP contribution in [0.2, 0.25) is 0 Å². The Morgan fingerprint density at radius 1 is 1.04 bits per heavy atom. The normalized spacial score (nSPS) is 16.6. The molecule has 142 valence electrons. The molecule has 0 aliphatic carbocycles. The van der Waals surface area contributed by atoms with Crippen molar-refractivity contribution in [2.24, 2.45) is 7.05 Å². The van der Waals surface area contributed by atoms with Gasteiger partial charge in [0.2, 0.25) is 0 Å². The molecule has 2 heterocycles. The van der Waals surface area contributed by atoms with Crippen LogP contribution in [0, 0.1) is 0 Å². The SMILES string of the molecule is COc1ccc([C@H](O)c2c(C[NH+]3CCCCC3)c3ccccc3n2C)cc1. The van der Waals surface area contributed by atoms with Crippen molar-refractivity contribution in [3.63, 3.8) is 0 Å². The summed E-state index contributed by atoms with van der Waals surface area (Å²) in [6.07, 6.45) is 3.31. The van der Waals surface area contributed by atoms with Crippen molar-refractivity contribution in [1.29, 1.82) is 0 Å². The van der Waals surface area contributed by atoms with E-state index in [4.69, 9.17) is 4.74 Å². The summed E-state index contributed by atoms with van der Waals surface area (Å²) in [5.74, 6) is 0.806. The van der Waals surface area contributed by atoms with Gasteiger partial charge < -0.3 is 19.3 Å². The van der Waals surface area contributed by atoms with Crippen LogP contribution >= 0.6 is 0 Å². The third kappa shape index (κ3) is 3.47. The molecule has 2 aromatic carbocycles. The van der Waals surface area contributed by atoms with Gasteiger partial charge in [-0.25, -0.2) is 0 Å². The molecule has 1 fully saturated rings. The van der Waals surface area contributed by atoms with Crippen molar-refractivity contribution in [3.8, 4) is 5.75 Å². The number of rotatable bonds is 5. The van der Waals surface area contributed by atoms with Crippen molar-refractivity contribution in [2.75, 3.05) is 20.2 Å². The first-order valence-electron chi connectivity index (χ1n) is 9.91. The molecule has 0 radical (unpaired) electrons. The monoisotopic (exact) mass is 365 g/mol. The maximum atomic E-state index is 11.3. The third-order valence-electron chi connectivity index (χ3n) is 5.94. The first-order chi connectivity index (χ1) is 13.2. The van der Waals surface area contributed by atoms with Crippen LogP contribution < -0.4 is 9.64 Å². The molecule has 0 bridgehead atoms. The zero-order valence-electron chi connectivity index (χ0n) is 16.2. The molecule has 4 heteroatoms.